The summed E-state index contributed by atoms with van der Waals surface area (Å²) in [7, 11) is 0. The first-order chi connectivity index (χ1) is 14.7. The zero-order chi connectivity index (χ0) is 20.8. The van der Waals surface area contributed by atoms with E-state index in [0.717, 1.165) is 0 Å². The summed E-state index contributed by atoms with van der Waals surface area (Å²) >= 11 is 2.41. The number of fused-ring (bicyclic) bond motifs is 1. The molecule has 0 atom stereocenters. The summed E-state index contributed by atoms with van der Waals surface area (Å²) in [6.45, 7) is 0.0426. The highest BCUT2D eigenvalue weighted by molar-refractivity contribution is 8.01. The minimum Gasteiger partial charge on any atom is -0.484 e. The van der Waals surface area contributed by atoms with E-state index < -0.39 is 0 Å². The maximum Gasteiger partial charge on any atom is 0.264 e. The van der Waals surface area contributed by atoms with E-state index in [1.165, 1.54) is 23.1 Å². The van der Waals surface area contributed by atoms with Crippen LogP contribution in [0.3, 0.4) is 0 Å². The highest BCUT2D eigenvalue weighted by atomic mass is 32.2. The molecule has 1 aromatic heterocycles. The van der Waals surface area contributed by atoms with Gasteiger partial charge in [-0.05, 0) is 24.3 Å². The smallest absolute Gasteiger partial charge is 0.264 e. The lowest BCUT2D eigenvalue weighted by atomic mass is 10.3. The van der Waals surface area contributed by atoms with Crippen molar-refractivity contribution in [3.8, 4) is 17.2 Å². The SMILES string of the molecule is O=C(CSc1nnc(NC(=O)COc2ccccc2)s1)Nc1ccc2c(c1)OCO2. The van der Waals surface area contributed by atoms with E-state index in [0.29, 0.717) is 32.4 Å². The Kier molecular flexibility index (Phi) is 6.30. The van der Waals surface area contributed by atoms with E-state index in [2.05, 4.69) is 20.8 Å². The molecular weight excluding hydrogens is 428 g/mol. The van der Waals surface area contributed by atoms with Gasteiger partial charge in [0.2, 0.25) is 17.8 Å². The zero-order valence-electron chi connectivity index (χ0n) is 15.5. The number of rotatable bonds is 8. The average Bonchev–Trinajstić information content (AvgIpc) is 3.40. The highest BCUT2D eigenvalue weighted by Gasteiger charge is 2.15. The van der Waals surface area contributed by atoms with E-state index in [9.17, 15) is 9.59 Å². The summed E-state index contributed by atoms with van der Waals surface area (Å²) in [5.74, 6) is 1.47. The lowest BCUT2D eigenvalue weighted by molar-refractivity contribution is -0.118. The molecule has 4 rings (SSSR count). The Morgan fingerprint density at radius 3 is 2.73 bits per heavy atom. The average molecular weight is 444 g/mol. The molecule has 0 unspecified atom stereocenters. The third-order valence-electron chi connectivity index (χ3n) is 3.75. The summed E-state index contributed by atoms with van der Waals surface area (Å²) in [4.78, 5) is 24.1. The van der Waals surface area contributed by atoms with Gasteiger partial charge in [0.05, 0.1) is 5.75 Å². The Labute approximate surface area is 179 Å². The van der Waals surface area contributed by atoms with Crippen molar-refractivity contribution in [2.24, 2.45) is 0 Å². The van der Waals surface area contributed by atoms with E-state index in [4.69, 9.17) is 14.2 Å². The number of nitrogens with zero attached hydrogens (tertiary/aromatic N) is 2. The van der Waals surface area contributed by atoms with Gasteiger partial charge in [0.1, 0.15) is 5.75 Å². The Balaban J connectivity index is 1.21. The number of amides is 2. The molecule has 0 saturated carbocycles. The van der Waals surface area contributed by atoms with Crippen molar-refractivity contribution in [3.63, 3.8) is 0 Å². The fourth-order valence-corrected chi connectivity index (χ4v) is 4.01. The van der Waals surface area contributed by atoms with Crippen molar-refractivity contribution in [2.75, 3.05) is 29.8 Å². The second-order valence-electron chi connectivity index (χ2n) is 5.93. The summed E-state index contributed by atoms with van der Waals surface area (Å²) in [5, 5.41) is 13.6. The number of ether oxygens (including phenoxy) is 3. The standard InChI is InChI=1S/C19H16N4O5S2/c24-16(9-26-13-4-2-1-3-5-13)21-18-22-23-19(30-18)29-10-17(25)20-12-6-7-14-15(8-12)28-11-27-14/h1-8H,9-11H2,(H,20,25)(H,21,22,24). The first kappa shape index (κ1) is 20.0. The second kappa shape index (κ2) is 9.46. The van der Waals surface area contributed by atoms with Gasteiger partial charge >= 0.3 is 0 Å². The molecule has 0 saturated heterocycles. The molecule has 154 valence electrons. The van der Waals surface area contributed by atoms with Crippen LogP contribution in [0.1, 0.15) is 0 Å². The Morgan fingerprint density at radius 1 is 1.03 bits per heavy atom. The molecule has 0 fully saturated rings. The zero-order valence-corrected chi connectivity index (χ0v) is 17.1. The first-order valence-electron chi connectivity index (χ1n) is 8.79. The monoisotopic (exact) mass is 444 g/mol. The van der Waals surface area contributed by atoms with Crippen LogP contribution in [-0.2, 0) is 9.59 Å². The van der Waals surface area contributed by atoms with E-state index >= 15 is 0 Å². The Hall–Kier alpha value is -3.31. The number of aromatic nitrogens is 2. The highest BCUT2D eigenvalue weighted by Crippen LogP contribution is 2.34. The van der Waals surface area contributed by atoms with Crippen molar-refractivity contribution in [1.82, 2.24) is 10.2 Å². The minimum absolute atomic E-state index is 0.135. The normalized spacial score (nSPS) is 11.7. The molecule has 2 amide bonds. The van der Waals surface area contributed by atoms with Crippen molar-refractivity contribution >= 4 is 45.7 Å². The van der Waals surface area contributed by atoms with Gasteiger partial charge in [-0.2, -0.15) is 0 Å². The van der Waals surface area contributed by atoms with Crippen molar-refractivity contribution in [2.45, 2.75) is 4.34 Å². The molecule has 0 spiro atoms. The summed E-state index contributed by atoms with van der Waals surface area (Å²) in [5.41, 5.74) is 0.619. The fourth-order valence-electron chi connectivity index (χ4n) is 2.44. The molecule has 3 aromatic rings. The number of thioether (sulfide) groups is 1. The van der Waals surface area contributed by atoms with Crippen LogP contribution in [0.4, 0.5) is 10.8 Å². The molecule has 9 nitrogen and oxygen atoms in total. The molecule has 2 heterocycles. The molecule has 11 heteroatoms. The Morgan fingerprint density at radius 2 is 1.87 bits per heavy atom. The number of nitrogens with one attached hydrogen (secondary N) is 2. The first-order valence-corrected chi connectivity index (χ1v) is 10.6. The van der Waals surface area contributed by atoms with Crippen LogP contribution < -0.4 is 24.8 Å². The van der Waals surface area contributed by atoms with Gasteiger partial charge in [-0.3, -0.25) is 14.9 Å². The molecule has 0 radical (unpaired) electrons. The lowest BCUT2D eigenvalue weighted by Crippen LogP contribution is -2.20. The van der Waals surface area contributed by atoms with Crippen LogP contribution in [-0.4, -0.2) is 41.2 Å². The molecule has 1 aliphatic heterocycles. The van der Waals surface area contributed by atoms with E-state index in [1.807, 2.05) is 18.2 Å². The lowest BCUT2D eigenvalue weighted by Gasteiger charge is -2.05. The van der Waals surface area contributed by atoms with E-state index in [1.54, 1.807) is 30.3 Å². The van der Waals surface area contributed by atoms with Gasteiger partial charge in [-0.15, -0.1) is 10.2 Å². The van der Waals surface area contributed by atoms with Crippen molar-refractivity contribution < 1.29 is 23.8 Å². The molecular formula is C19H16N4O5S2. The van der Waals surface area contributed by atoms with Gasteiger partial charge in [-0.1, -0.05) is 41.3 Å². The third kappa shape index (κ3) is 5.39. The number of hydrogen-bond donors (Lipinski definition) is 2. The second-order valence-corrected chi connectivity index (χ2v) is 8.13. The largest absolute Gasteiger partial charge is 0.484 e. The van der Waals surface area contributed by atoms with Gasteiger partial charge in [0, 0.05) is 11.8 Å². The predicted octanol–water partition coefficient (Wildman–Crippen LogP) is 3.02. The summed E-state index contributed by atoms with van der Waals surface area (Å²) in [6, 6.07) is 14.2. The maximum atomic E-state index is 12.2. The maximum absolute atomic E-state index is 12.2. The number of hydrogen-bond acceptors (Lipinski definition) is 9. The molecule has 30 heavy (non-hydrogen) atoms. The molecule has 2 aromatic carbocycles. The molecule has 1 aliphatic rings. The quantitative estimate of drug-likeness (QED) is 0.403. The molecule has 0 bridgehead atoms. The Bertz CT molecular complexity index is 1040. The summed E-state index contributed by atoms with van der Waals surface area (Å²) in [6.07, 6.45) is 0. The van der Waals surface area contributed by atoms with Crippen LogP contribution in [0.5, 0.6) is 17.2 Å². The van der Waals surface area contributed by atoms with Crippen LogP contribution in [0, 0.1) is 0 Å². The molecule has 0 aliphatic carbocycles. The van der Waals surface area contributed by atoms with Crippen LogP contribution in [0.15, 0.2) is 52.9 Å². The van der Waals surface area contributed by atoms with Crippen LogP contribution in [0.25, 0.3) is 0 Å². The number of benzene rings is 2. The van der Waals surface area contributed by atoms with Gasteiger partial charge in [-0.25, -0.2) is 0 Å². The predicted molar refractivity (Wildman–Crippen MR) is 112 cm³/mol. The van der Waals surface area contributed by atoms with E-state index in [-0.39, 0.29) is 31.0 Å². The fraction of sp³-hybridized carbons (Fsp3) is 0.158. The van der Waals surface area contributed by atoms with Gasteiger partial charge < -0.3 is 19.5 Å². The van der Waals surface area contributed by atoms with Crippen LogP contribution in [0.2, 0.25) is 0 Å². The number of anilines is 2. The van der Waals surface area contributed by atoms with Crippen LogP contribution >= 0.6 is 23.1 Å². The number of carbonyl (C=O) groups is 2. The molecule has 2 N–H and O–H groups in total. The summed E-state index contributed by atoms with van der Waals surface area (Å²) < 4.78 is 16.5. The van der Waals surface area contributed by atoms with Gasteiger partial charge in [0.15, 0.2) is 22.4 Å². The van der Waals surface area contributed by atoms with Gasteiger partial charge in [0.25, 0.3) is 5.91 Å². The minimum atomic E-state index is -0.341. The van der Waals surface area contributed by atoms with Crippen molar-refractivity contribution in [3.05, 3.63) is 48.5 Å². The van der Waals surface area contributed by atoms with Crippen molar-refractivity contribution in [1.29, 1.82) is 0 Å². The topological polar surface area (TPSA) is 112 Å². The third-order valence-corrected chi connectivity index (χ3v) is 5.72. The number of carbonyl (C=O) groups excluding carboxylic acids is 2. The number of para-hydroxylation sites is 1.